The highest BCUT2D eigenvalue weighted by Crippen LogP contribution is 2.32. The first-order valence-corrected chi connectivity index (χ1v) is 8.89. The van der Waals surface area contributed by atoms with E-state index in [1.807, 2.05) is 30.3 Å². The maximum atomic E-state index is 10.4. The van der Waals surface area contributed by atoms with Gasteiger partial charge < -0.3 is 19.5 Å². The quantitative estimate of drug-likeness (QED) is 0.922. The number of para-hydroxylation sites is 1. The topological polar surface area (TPSA) is 67.7 Å². The van der Waals surface area contributed by atoms with Crippen LogP contribution in [0.4, 0.5) is 5.95 Å². The molecule has 0 bridgehead atoms. The molecule has 0 aliphatic carbocycles. The molecular formula is C19H23N3O3. The average Bonchev–Trinajstić information content (AvgIpc) is 3.13. The maximum absolute atomic E-state index is 10.4. The summed E-state index contributed by atoms with van der Waals surface area (Å²) in [6.07, 6.45) is 4.21. The lowest BCUT2D eigenvalue weighted by molar-refractivity contribution is -0.0438. The number of rotatable bonds is 4. The van der Waals surface area contributed by atoms with Crippen molar-refractivity contribution < 1.29 is 14.6 Å². The van der Waals surface area contributed by atoms with E-state index >= 15 is 0 Å². The Morgan fingerprint density at radius 3 is 2.88 bits per heavy atom. The van der Waals surface area contributed by atoms with Gasteiger partial charge in [0.1, 0.15) is 5.75 Å². The zero-order chi connectivity index (χ0) is 17.1. The second kappa shape index (κ2) is 7.37. The number of ether oxygens (including phenoxy) is 2. The summed E-state index contributed by atoms with van der Waals surface area (Å²) >= 11 is 0. The van der Waals surface area contributed by atoms with Crippen LogP contribution in [0.1, 0.15) is 19.3 Å². The molecule has 2 saturated heterocycles. The van der Waals surface area contributed by atoms with Gasteiger partial charge >= 0.3 is 0 Å². The lowest BCUT2D eigenvalue weighted by Gasteiger charge is -2.36. The molecule has 6 heteroatoms. The highest BCUT2D eigenvalue weighted by atomic mass is 16.5. The minimum Gasteiger partial charge on any atom is -0.439 e. The molecule has 0 radical (unpaired) electrons. The van der Waals surface area contributed by atoms with Gasteiger partial charge in [-0.25, -0.2) is 4.98 Å². The highest BCUT2D eigenvalue weighted by molar-refractivity contribution is 5.37. The van der Waals surface area contributed by atoms with E-state index in [0.29, 0.717) is 31.5 Å². The second-order valence-corrected chi connectivity index (χ2v) is 6.61. The molecule has 132 valence electrons. The van der Waals surface area contributed by atoms with Crippen LogP contribution in [0.3, 0.4) is 0 Å². The van der Waals surface area contributed by atoms with Crippen LogP contribution in [0.15, 0.2) is 42.6 Å². The molecule has 2 aliphatic rings. The zero-order valence-corrected chi connectivity index (χ0v) is 14.1. The van der Waals surface area contributed by atoms with Crippen molar-refractivity contribution >= 4 is 5.95 Å². The van der Waals surface area contributed by atoms with Crippen molar-refractivity contribution in [1.82, 2.24) is 9.97 Å². The predicted octanol–water partition coefficient (Wildman–Crippen LogP) is 2.64. The van der Waals surface area contributed by atoms with E-state index in [-0.39, 0.29) is 18.1 Å². The maximum Gasteiger partial charge on any atom is 0.228 e. The summed E-state index contributed by atoms with van der Waals surface area (Å²) < 4.78 is 11.4. The number of anilines is 1. The largest absolute Gasteiger partial charge is 0.439 e. The predicted molar refractivity (Wildman–Crippen MR) is 93.8 cm³/mol. The molecule has 0 amide bonds. The van der Waals surface area contributed by atoms with Crippen molar-refractivity contribution in [2.75, 3.05) is 24.7 Å². The molecule has 0 unspecified atom stereocenters. The van der Waals surface area contributed by atoms with Crippen LogP contribution in [0, 0.1) is 5.92 Å². The molecule has 1 aromatic heterocycles. The van der Waals surface area contributed by atoms with Crippen molar-refractivity contribution in [3.05, 3.63) is 42.6 Å². The Morgan fingerprint density at radius 1 is 1.16 bits per heavy atom. The summed E-state index contributed by atoms with van der Waals surface area (Å²) in [5.41, 5.74) is 0. The van der Waals surface area contributed by atoms with Gasteiger partial charge in [0, 0.05) is 37.4 Å². The van der Waals surface area contributed by atoms with Crippen LogP contribution >= 0.6 is 0 Å². The Labute approximate surface area is 147 Å². The summed E-state index contributed by atoms with van der Waals surface area (Å²) in [6.45, 7) is 2.13. The van der Waals surface area contributed by atoms with Gasteiger partial charge in [-0.15, -0.1) is 0 Å². The van der Waals surface area contributed by atoms with E-state index in [2.05, 4.69) is 14.9 Å². The Morgan fingerprint density at radius 2 is 2.04 bits per heavy atom. The molecule has 25 heavy (non-hydrogen) atoms. The van der Waals surface area contributed by atoms with Crippen molar-refractivity contribution in [2.24, 2.45) is 5.92 Å². The van der Waals surface area contributed by atoms with E-state index in [1.165, 1.54) is 0 Å². The fraction of sp³-hybridized carbons (Fsp3) is 0.474. The minimum absolute atomic E-state index is 0.110. The van der Waals surface area contributed by atoms with Crippen molar-refractivity contribution in [3.8, 4) is 11.6 Å². The first-order chi connectivity index (χ1) is 12.3. The first kappa shape index (κ1) is 16.3. The van der Waals surface area contributed by atoms with Gasteiger partial charge in [0.05, 0.1) is 12.7 Å². The molecule has 2 fully saturated rings. The minimum atomic E-state index is -0.317. The number of hydrogen-bond acceptors (Lipinski definition) is 6. The zero-order valence-electron chi connectivity index (χ0n) is 14.1. The Hall–Kier alpha value is -2.18. The van der Waals surface area contributed by atoms with Crippen LogP contribution in [0.2, 0.25) is 0 Å². The molecule has 3 heterocycles. The van der Waals surface area contributed by atoms with Gasteiger partial charge in [0.25, 0.3) is 0 Å². The lowest BCUT2D eigenvalue weighted by atomic mass is 9.89. The molecule has 3 atom stereocenters. The second-order valence-electron chi connectivity index (χ2n) is 6.61. The Balaban J connectivity index is 1.53. The molecule has 2 aliphatic heterocycles. The van der Waals surface area contributed by atoms with Gasteiger partial charge in [0.2, 0.25) is 11.8 Å². The Kier molecular flexibility index (Phi) is 4.81. The van der Waals surface area contributed by atoms with Crippen LogP contribution in [0.25, 0.3) is 0 Å². The SMILES string of the molecule is O[C@@H]1CCOC[C@@H]1[C@@H]1CCCN1c1nccc(Oc2ccccc2)n1. The molecule has 1 aromatic carbocycles. The van der Waals surface area contributed by atoms with Crippen molar-refractivity contribution in [3.63, 3.8) is 0 Å². The smallest absolute Gasteiger partial charge is 0.228 e. The third-order valence-electron chi connectivity index (χ3n) is 5.00. The van der Waals surface area contributed by atoms with Crippen molar-refractivity contribution in [2.45, 2.75) is 31.4 Å². The van der Waals surface area contributed by atoms with Gasteiger partial charge in [-0.1, -0.05) is 18.2 Å². The number of hydrogen-bond donors (Lipinski definition) is 1. The number of aromatic nitrogens is 2. The van der Waals surface area contributed by atoms with Gasteiger partial charge in [-0.3, -0.25) is 0 Å². The third kappa shape index (κ3) is 3.60. The normalized spacial score (nSPS) is 26.6. The molecule has 1 N–H and O–H groups in total. The molecule has 2 aromatic rings. The number of aliphatic hydroxyl groups excluding tert-OH is 1. The number of benzene rings is 1. The lowest BCUT2D eigenvalue weighted by Crippen LogP contribution is -2.46. The van der Waals surface area contributed by atoms with Crippen LogP contribution in [0.5, 0.6) is 11.6 Å². The van der Waals surface area contributed by atoms with E-state index in [9.17, 15) is 5.11 Å². The van der Waals surface area contributed by atoms with Crippen LogP contribution in [-0.2, 0) is 4.74 Å². The molecular weight excluding hydrogens is 318 g/mol. The summed E-state index contributed by atoms with van der Waals surface area (Å²) in [5.74, 6) is 2.05. The third-order valence-corrected chi connectivity index (χ3v) is 5.00. The number of nitrogens with zero attached hydrogens (tertiary/aromatic N) is 3. The standard InChI is InChI=1S/C19H23N3O3/c23-17-9-12-24-13-15(17)16-7-4-11-22(16)19-20-10-8-18(21-19)25-14-5-2-1-3-6-14/h1-3,5-6,8,10,15-17,23H,4,7,9,11-13H2/t15-,16+,17-/m1/s1. The monoisotopic (exact) mass is 341 g/mol. The van der Waals surface area contributed by atoms with Gasteiger partial charge in [-0.05, 0) is 31.4 Å². The van der Waals surface area contributed by atoms with E-state index in [0.717, 1.165) is 25.1 Å². The van der Waals surface area contributed by atoms with Gasteiger partial charge in [-0.2, -0.15) is 4.98 Å². The van der Waals surface area contributed by atoms with E-state index in [1.54, 1.807) is 12.3 Å². The molecule has 0 spiro atoms. The highest BCUT2D eigenvalue weighted by Gasteiger charge is 2.38. The van der Waals surface area contributed by atoms with E-state index < -0.39 is 0 Å². The summed E-state index contributed by atoms with van der Waals surface area (Å²) in [4.78, 5) is 11.2. The van der Waals surface area contributed by atoms with Crippen molar-refractivity contribution in [1.29, 1.82) is 0 Å². The van der Waals surface area contributed by atoms with Crippen LogP contribution in [-0.4, -0.2) is 47.0 Å². The fourth-order valence-electron chi connectivity index (χ4n) is 3.74. The summed E-state index contributed by atoms with van der Waals surface area (Å²) in [6, 6.07) is 11.6. The summed E-state index contributed by atoms with van der Waals surface area (Å²) in [7, 11) is 0. The molecule has 4 rings (SSSR count). The Bertz CT molecular complexity index is 697. The number of aliphatic hydroxyl groups is 1. The van der Waals surface area contributed by atoms with Crippen LogP contribution < -0.4 is 9.64 Å². The molecule has 6 nitrogen and oxygen atoms in total. The van der Waals surface area contributed by atoms with Gasteiger partial charge in [0.15, 0.2) is 0 Å². The average molecular weight is 341 g/mol. The molecule has 0 saturated carbocycles. The first-order valence-electron chi connectivity index (χ1n) is 8.89. The summed E-state index contributed by atoms with van der Waals surface area (Å²) in [5, 5.41) is 10.4. The van der Waals surface area contributed by atoms with E-state index in [4.69, 9.17) is 9.47 Å². The fourth-order valence-corrected chi connectivity index (χ4v) is 3.74.